The smallest absolute Gasteiger partial charge is 0.417 e. The van der Waals surface area contributed by atoms with Gasteiger partial charge in [-0.25, -0.2) is 18.8 Å². The van der Waals surface area contributed by atoms with E-state index in [0.717, 1.165) is 18.1 Å². The minimum Gasteiger partial charge on any atom is -0.493 e. The first-order valence-corrected chi connectivity index (χ1v) is 13.8. The summed E-state index contributed by atoms with van der Waals surface area (Å²) < 4.78 is 72.9. The van der Waals surface area contributed by atoms with Crippen molar-refractivity contribution in [2.45, 2.75) is 46.2 Å². The molecule has 5 nitrogen and oxygen atoms in total. The molecule has 0 aliphatic carbocycles. The fraction of sp³-hybridized carbons (Fsp3) is 0.303. The predicted molar refractivity (Wildman–Crippen MR) is 161 cm³/mol. The third-order valence-corrected chi connectivity index (χ3v) is 6.55. The summed E-state index contributed by atoms with van der Waals surface area (Å²) in [5, 5.41) is 8.87. The largest absolute Gasteiger partial charge is 0.493 e. The molecular formula is C33H34F5N3O2. The van der Waals surface area contributed by atoms with Gasteiger partial charge in [-0.1, -0.05) is 50.3 Å². The van der Waals surface area contributed by atoms with Crippen LogP contribution in [0.1, 0.15) is 49.4 Å². The molecule has 0 aromatic heterocycles. The highest BCUT2D eigenvalue weighted by Gasteiger charge is 2.34. The van der Waals surface area contributed by atoms with Crippen LogP contribution < -0.4 is 4.74 Å². The number of aliphatic imine (C=N–C) groups is 3. The van der Waals surface area contributed by atoms with Gasteiger partial charge in [0.1, 0.15) is 11.5 Å². The molecule has 0 bridgehead atoms. The van der Waals surface area contributed by atoms with E-state index in [9.17, 15) is 22.0 Å². The molecule has 4 rings (SSSR count). The lowest BCUT2D eigenvalue weighted by molar-refractivity contribution is -0.137. The molecule has 0 saturated heterocycles. The van der Waals surface area contributed by atoms with Gasteiger partial charge >= 0.3 is 6.18 Å². The van der Waals surface area contributed by atoms with E-state index in [4.69, 9.17) is 9.84 Å². The topological polar surface area (TPSA) is 66.5 Å². The summed E-state index contributed by atoms with van der Waals surface area (Å²) in [7, 11) is 1.61. The number of aliphatic hydroxyl groups is 1. The number of halogens is 5. The number of allylic oxidation sites excluding steroid dienone is 2. The molecule has 0 spiro atoms. The maximum atomic E-state index is 13.6. The van der Waals surface area contributed by atoms with Gasteiger partial charge in [0, 0.05) is 26.3 Å². The maximum absolute atomic E-state index is 13.6. The molecule has 0 fully saturated rings. The summed E-state index contributed by atoms with van der Waals surface area (Å²) in [5.74, 6) is -1.12. The normalized spacial score (nSPS) is 14.0. The SMILES string of the molecule is C/C=C1/N=C(c2cccc(F)c2F)N=C1C=NC.CCc1ccc(-c2ccc(CC)c(OCCCO)c2)c(C(F)(F)F)c1. The first-order chi connectivity index (χ1) is 20.6. The third kappa shape index (κ3) is 8.44. The van der Waals surface area contributed by atoms with Crippen LogP contribution in [-0.2, 0) is 19.0 Å². The van der Waals surface area contributed by atoms with Crippen LogP contribution in [0.4, 0.5) is 22.0 Å². The van der Waals surface area contributed by atoms with Gasteiger partial charge in [-0.05, 0) is 66.3 Å². The number of ether oxygens (including phenoxy) is 1. The summed E-state index contributed by atoms with van der Waals surface area (Å²) >= 11 is 0. The number of rotatable bonds is 9. The number of aliphatic hydroxyl groups excluding tert-OH is 1. The fourth-order valence-corrected chi connectivity index (χ4v) is 4.29. The Hall–Kier alpha value is -4.18. The Morgan fingerprint density at radius 3 is 2.35 bits per heavy atom. The molecule has 0 amide bonds. The van der Waals surface area contributed by atoms with Crippen LogP contribution in [0.2, 0.25) is 0 Å². The average molecular weight is 600 g/mol. The first kappa shape index (κ1) is 33.3. The van der Waals surface area contributed by atoms with Crippen LogP contribution in [0.3, 0.4) is 0 Å². The van der Waals surface area contributed by atoms with E-state index in [1.807, 2.05) is 13.8 Å². The van der Waals surface area contributed by atoms with Crippen molar-refractivity contribution < 1.29 is 31.8 Å². The molecule has 0 unspecified atom stereocenters. The Bertz CT molecular complexity index is 1540. The zero-order valence-corrected chi connectivity index (χ0v) is 24.5. The molecule has 228 valence electrons. The number of nitrogens with zero attached hydrogens (tertiary/aromatic N) is 3. The van der Waals surface area contributed by atoms with Crippen molar-refractivity contribution in [3.63, 3.8) is 0 Å². The van der Waals surface area contributed by atoms with Crippen molar-refractivity contribution in [3.8, 4) is 16.9 Å². The molecule has 1 aliphatic heterocycles. The van der Waals surface area contributed by atoms with Crippen LogP contribution in [0.15, 0.2) is 81.3 Å². The molecule has 1 N–H and O–H groups in total. The van der Waals surface area contributed by atoms with E-state index in [2.05, 4.69) is 15.0 Å². The Labute approximate surface area is 248 Å². The lowest BCUT2D eigenvalue weighted by Gasteiger charge is -2.17. The Morgan fingerprint density at radius 2 is 1.72 bits per heavy atom. The molecular weight excluding hydrogens is 565 g/mol. The lowest BCUT2D eigenvalue weighted by Crippen LogP contribution is -2.08. The van der Waals surface area contributed by atoms with E-state index >= 15 is 0 Å². The lowest BCUT2D eigenvalue weighted by atomic mass is 9.95. The first-order valence-electron chi connectivity index (χ1n) is 13.8. The standard InChI is InChI=1S/C20H23F3O2.C13H11F2N3/c1-3-14-6-9-17(18(12-14)20(21,22)23)16-8-7-15(4-2)19(13-16)25-11-5-10-24;1-3-10-11(7-16-2)18-13(17-10)8-5-4-6-9(14)12(8)15/h6-9,12-13,24H,3-5,10-11H2,1-2H3;3-7H,1-2H3/b;10-3+,16-7?. The Balaban J connectivity index is 0.000000248. The van der Waals surface area contributed by atoms with Crippen molar-refractivity contribution in [1.82, 2.24) is 0 Å². The van der Waals surface area contributed by atoms with Gasteiger partial charge in [-0.2, -0.15) is 13.2 Å². The maximum Gasteiger partial charge on any atom is 0.417 e. The number of hydrogen-bond acceptors (Lipinski definition) is 5. The van der Waals surface area contributed by atoms with E-state index in [1.165, 1.54) is 30.5 Å². The predicted octanol–water partition coefficient (Wildman–Crippen LogP) is 8.03. The van der Waals surface area contributed by atoms with Crippen LogP contribution >= 0.6 is 0 Å². The second-order valence-electron chi connectivity index (χ2n) is 9.43. The second kappa shape index (κ2) is 15.3. The summed E-state index contributed by atoms with van der Waals surface area (Å²) in [4.78, 5) is 12.1. The quantitative estimate of drug-likeness (QED) is 0.154. The molecule has 43 heavy (non-hydrogen) atoms. The fourth-order valence-electron chi connectivity index (χ4n) is 4.29. The van der Waals surface area contributed by atoms with Crippen molar-refractivity contribution in [2.75, 3.05) is 20.3 Å². The molecule has 10 heteroatoms. The average Bonchev–Trinajstić information content (AvgIpc) is 3.41. The third-order valence-electron chi connectivity index (χ3n) is 6.55. The highest BCUT2D eigenvalue weighted by atomic mass is 19.4. The number of alkyl halides is 3. The van der Waals surface area contributed by atoms with E-state index in [0.29, 0.717) is 47.7 Å². The van der Waals surface area contributed by atoms with Gasteiger partial charge in [-0.3, -0.25) is 4.99 Å². The summed E-state index contributed by atoms with van der Waals surface area (Å²) in [6, 6.07) is 13.6. The molecule has 1 heterocycles. The van der Waals surface area contributed by atoms with E-state index < -0.39 is 23.4 Å². The summed E-state index contributed by atoms with van der Waals surface area (Å²) in [5.41, 5.74) is 2.77. The van der Waals surface area contributed by atoms with Crippen molar-refractivity contribution >= 4 is 17.8 Å². The summed E-state index contributed by atoms with van der Waals surface area (Å²) in [6.45, 7) is 5.93. The van der Waals surface area contributed by atoms with Crippen LogP contribution in [0.25, 0.3) is 11.1 Å². The van der Waals surface area contributed by atoms with Crippen LogP contribution in [0, 0.1) is 11.6 Å². The molecule has 3 aromatic rings. The van der Waals surface area contributed by atoms with Gasteiger partial charge in [0.2, 0.25) is 0 Å². The Morgan fingerprint density at radius 1 is 0.953 bits per heavy atom. The van der Waals surface area contributed by atoms with Gasteiger partial charge in [-0.15, -0.1) is 0 Å². The van der Waals surface area contributed by atoms with Crippen LogP contribution in [-0.4, -0.2) is 43.1 Å². The molecule has 3 aromatic carbocycles. The van der Waals surface area contributed by atoms with Crippen LogP contribution in [0.5, 0.6) is 5.75 Å². The zero-order valence-electron chi connectivity index (χ0n) is 24.5. The van der Waals surface area contributed by atoms with Gasteiger partial charge in [0.25, 0.3) is 0 Å². The summed E-state index contributed by atoms with van der Waals surface area (Å²) in [6.07, 6.45) is 0.602. The van der Waals surface area contributed by atoms with E-state index in [1.54, 1.807) is 44.3 Å². The second-order valence-corrected chi connectivity index (χ2v) is 9.43. The van der Waals surface area contributed by atoms with Crippen molar-refractivity contribution in [2.24, 2.45) is 15.0 Å². The molecule has 0 radical (unpaired) electrons. The zero-order chi connectivity index (χ0) is 31.6. The highest BCUT2D eigenvalue weighted by molar-refractivity contribution is 6.42. The highest BCUT2D eigenvalue weighted by Crippen LogP contribution is 2.39. The monoisotopic (exact) mass is 599 g/mol. The molecule has 1 aliphatic rings. The number of amidine groups is 1. The van der Waals surface area contributed by atoms with Gasteiger partial charge < -0.3 is 9.84 Å². The number of benzene rings is 3. The van der Waals surface area contributed by atoms with Gasteiger partial charge in [0.05, 0.1) is 23.4 Å². The minimum atomic E-state index is -4.41. The molecule has 0 atom stereocenters. The Kier molecular flexibility index (Phi) is 11.9. The minimum absolute atomic E-state index is 0.0118. The molecule has 0 saturated carbocycles. The number of hydrogen-bond donors (Lipinski definition) is 1. The van der Waals surface area contributed by atoms with Crippen molar-refractivity contribution in [3.05, 3.63) is 100 Å². The van der Waals surface area contributed by atoms with Gasteiger partial charge in [0.15, 0.2) is 17.5 Å². The van der Waals surface area contributed by atoms with Crippen molar-refractivity contribution in [1.29, 1.82) is 0 Å². The number of aryl methyl sites for hydroxylation is 2. The van der Waals surface area contributed by atoms with E-state index in [-0.39, 0.29) is 23.6 Å².